The van der Waals surface area contributed by atoms with Crippen LogP contribution in [0.3, 0.4) is 0 Å². The average Bonchev–Trinajstić information content (AvgIpc) is 2.65. The summed E-state index contributed by atoms with van der Waals surface area (Å²) in [5, 5.41) is 2.92. The Morgan fingerprint density at radius 1 is 1.75 bits per heavy atom. The van der Waals surface area contributed by atoms with Crippen LogP contribution in [0.15, 0.2) is 12.2 Å². The number of rotatable bonds is 5. The molecule has 1 aliphatic heterocycles. The Balaban J connectivity index is 1.89. The van der Waals surface area contributed by atoms with Gasteiger partial charge in [-0.3, -0.25) is 10.2 Å². The maximum Gasteiger partial charge on any atom is 0.111 e. The second-order valence-corrected chi connectivity index (χ2v) is 2.89. The lowest BCUT2D eigenvalue weighted by molar-refractivity contribution is 0.0546. The van der Waals surface area contributed by atoms with Crippen LogP contribution >= 0.6 is 0 Å². The van der Waals surface area contributed by atoms with Crippen molar-refractivity contribution in [2.24, 2.45) is 11.5 Å². The molecule has 5 heteroatoms. The molecule has 0 saturated carbocycles. The zero-order valence-corrected chi connectivity index (χ0v) is 7.16. The van der Waals surface area contributed by atoms with Gasteiger partial charge in [0.1, 0.15) is 6.17 Å². The molecular formula is C7H16N4O. The molecule has 1 aliphatic rings. The fraction of sp³-hybridized carbons (Fsp3) is 0.714. The minimum absolute atomic E-state index is 0.0300. The molecule has 6 N–H and O–H groups in total. The van der Waals surface area contributed by atoms with E-state index in [4.69, 9.17) is 16.3 Å². The van der Waals surface area contributed by atoms with Gasteiger partial charge >= 0.3 is 0 Å². The van der Waals surface area contributed by atoms with E-state index in [1.54, 1.807) is 0 Å². The summed E-state index contributed by atoms with van der Waals surface area (Å²) in [7, 11) is 0. The first-order chi connectivity index (χ1) is 5.70. The number of nitrogens with two attached hydrogens (primary N) is 2. The lowest BCUT2D eigenvalue weighted by Crippen LogP contribution is -2.23. The summed E-state index contributed by atoms with van der Waals surface area (Å²) in [6.07, 6.45) is 3.88. The predicted octanol–water partition coefficient (Wildman–Crippen LogP) is -1.37. The molecule has 70 valence electrons. The molecule has 0 aromatic heterocycles. The van der Waals surface area contributed by atoms with E-state index in [9.17, 15) is 0 Å². The third-order valence-corrected chi connectivity index (χ3v) is 1.45. The maximum atomic E-state index is 5.47. The molecule has 1 rings (SSSR count). The zero-order valence-electron chi connectivity index (χ0n) is 7.16. The van der Waals surface area contributed by atoms with Crippen molar-refractivity contribution < 1.29 is 4.84 Å². The number of hydroxylamine groups is 1. The highest BCUT2D eigenvalue weighted by atomic mass is 16.6. The summed E-state index contributed by atoms with van der Waals surface area (Å²) in [4.78, 5) is 5.04. The fourth-order valence-corrected chi connectivity index (χ4v) is 0.715. The van der Waals surface area contributed by atoms with Crippen molar-refractivity contribution in [2.45, 2.75) is 25.3 Å². The van der Waals surface area contributed by atoms with E-state index in [1.807, 2.05) is 19.1 Å². The van der Waals surface area contributed by atoms with E-state index in [1.165, 1.54) is 0 Å². The number of hydrogen-bond acceptors (Lipinski definition) is 5. The van der Waals surface area contributed by atoms with Crippen molar-refractivity contribution in [3.63, 3.8) is 0 Å². The number of nitrogens with one attached hydrogen (secondary N) is 2. The molecule has 0 aromatic carbocycles. The highest BCUT2D eigenvalue weighted by Crippen LogP contribution is 1.97. The first kappa shape index (κ1) is 9.63. The molecule has 0 aromatic rings. The maximum absolute atomic E-state index is 5.47. The van der Waals surface area contributed by atoms with Gasteiger partial charge in [0, 0.05) is 6.04 Å². The van der Waals surface area contributed by atoms with Crippen LogP contribution < -0.4 is 22.3 Å². The highest BCUT2D eigenvalue weighted by Gasteiger charge is 2.32. The van der Waals surface area contributed by atoms with Crippen LogP contribution in [0.25, 0.3) is 0 Å². The van der Waals surface area contributed by atoms with Gasteiger partial charge in [-0.25, -0.2) is 0 Å². The Morgan fingerprint density at radius 3 is 2.92 bits per heavy atom. The molecule has 2 unspecified atom stereocenters. The first-order valence-corrected chi connectivity index (χ1v) is 4.01. The van der Waals surface area contributed by atoms with E-state index >= 15 is 0 Å². The second kappa shape index (κ2) is 4.54. The minimum atomic E-state index is 0.0300. The van der Waals surface area contributed by atoms with Gasteiger partial charge < -0.3 is 11.5 Å². The van der Waals surface area contributed by atoms with E-state index in [0.717, 1.165) is 0 Å². The third-order valence-electron chi connectivity index (χ3n) is 1.45. The molecule has 1 heterocycles. The Bertz CT molecular complexity index is 159. The molecule has 0 bridgehead atoms. The van der Waals surface area contributed by atoms with Crippen LogP contribution in [0.2, 0.25) is 0 Å². The third kappa shape index (κ3) is 3.80. The summed E-state index contributed by atoms with van der Waals surface area (Å²) in [6, 6.07) is 0.0786. The fourth-order valence-electron chi connectivity index (χ4n) is 0.715. The minimum Gasteiger partial charge on any atom is -0.325 e. The van der Waals surface area contributed by atoms with Gasteiger partial charge in [-0.15, -0.1) is 0 Å². The van der Waals surface area contributed by atoms with Crippen LogP contribution in [0.5, 0.6) is 0 Å². The molecule has 0 amide bonds. The average molecular weight is 172 g/mol. The molecule has 1 saturated heterocycles. The quantitative estimate of drug-likeness (QED) is 0.177. The lowest BCUT2D eigenvalue weighted by Gasteiger charge is -1.99. The Kier molecular flexibility index (Phi) is 3.64. The Labute approximate surface area is 72.1 Å². The van der Waals surface area contributed by atoms with Crippen molar-refractivity contribution in [3.05, 3.63) is 12.2 Å². The van der Waals surface area contributed by atoms with Crippen molar-refractivity contribution >= 4 is 0 Å². The molecule has 1 fully saturated rings. The number of hydrogen-bond donors (Lipinski definition) is 4. The largest absolute Gasteiger partial charge is 0.325 e. The summed E-state index contributed by atoms with van der Waals surface area (Å²) >= 11 is 0. The Hall–Kier alpha value is -0.460. The van der Waals surface area contributed by atoms with Gasteiger partial charge in [-0.05, 0) is 6.92 Å². The molecular weight excluding hydrogens is 156 g/mol. The molecule has 0 spiro atoms. The van der Waals surface area contributed by atoms with Gasteiger partial charge in [0.05, 0.1) is 12.8 Å². The van der Waals surface area contributed by atoms with E-state index < -0.39 is 0 Å². The van der Waals surface area contributed by atoms with Crippen molar-refractivity contribution in [2.75, 3.05) is 6.61 Å². The van der Waals surface area contributed by atoms with E-state index in [-0.39, 0.29) is 18.4 Å². The summed E-state index contributed by atoms with van der Waals surface area (Å²) in [5.41, 5.74) is 13.7. The van der Waals surface area contributed by atoms with Crippen molar-refractivity contribution in [1.29, 1.82) is 0 Å². The van der Waals surface area contributed by atoms with E-state index in [0.29, 0.717) is 6.61 Å². The van der Waals surface area contributed by atoms with Gasteiger partial charge in [0.15, 0.2) is 0 Å². The van der Waals surface area contributed by atoms with Gasteiger partial charge in [0.25, 0.3) is 0 Å². The normalized spacial score (nSPS) is 30.9. The standard InChI is InChI=1S/C7H16N4O/c1-5(8)3-2-4-12-11-7-6(9)10-7/h2-3,5-7,10-11H,4,8-9H2,1H3/b3-2+/t5-,6?,7?/m1/s1. The van der Waals surface area contributed by atoms with Crippen LogP contribution in [0.1, 0.15) is 6.92 Å². The van der Waals surface area contributed by atoms with Gasteiger partial charge in [-0.1, -0.05) is 12.2 Å². The van der Waals surface area contributed by atoms with Crippen LogP contribution in [0.4, 0.5) is 0 Å². The highest BCUT2D eigenvalue weighted by molar-refractivity contribution is 4.90. The van der Waals surface area contributed by atoms with Crippen molar-refractivity contribution in [3.8, 4) is 0 Å². The molecule has 0 aliphatic carbocycles. The molecule has 5 nitrogen and oxygen atoms in total. The first-order valence-electron chi connectivity index (χ1n) is 4.01. The smallest absolute Gasteiger partial charge is 0.111 e. The summed E-state index contributed by atoms with van der Waals surface area (Å²) in [6.45, 7) is 2.41. The SMILES string of the molecule is C[C@@H](N)/C=C/CONC1NC1N. The second-order valence-electron chi connectivity index (χ2n) is 2.89. The molecule has 0 radical (unpaired) electrons. The summed E-state index contributed by atoms with van der Waals surface area (Å²) < 4.78 is 0. The lowest BCUT2D eigenvalue weighted by atomic mass is 10.3. The van der Waals surface area contributed by atoms with Crippen LogP contribution in [-0.4, -0.2) is 25.0 Å². The summed E-state index contributed by atoms with van der Waals surface area (Å²) in [5.74, 6) is 0. The van der Waals surface area contributed by atoms with Crippen molar-refractivity contribution in [1.82, 2.24) is 10.8 Å². The predicted molar refractivity (Wildman–Crippen MR) is 46.8 cm³/mol. The molecule has 12 heavy (non-hydrogen) atoms. The zero-order chi connectivity index (χ0) is 8.97. The molecule has 3 atom stereocenters. The Morgan fingerprint density at radius 2 is 2.42 bits per heavy atom. The van der Waals surface area contributed by atoms with E-state index in [2.05, 4.69) is 10.8 Å². The van der Waals surface area contributed by atoms with Crippen LogP contribution in [0, 0.1) is 0 Å². The monoisotopic (exact) mass is 172 g/mol. The van der Waals surface area contributed by atoms with Gasteiger partial charge in [-0.2, -0.15) is 5.48 Å². The topological polar surface area (TPSA) is 95.2 Å². The van der Waals surface area contributed by atoms with Crippen LogP contribution in [-0.2, 0) is 4.84 Å². The van der Waals surface area contributed by atoms with Gasteiger partial charge in [0.2, 0.25) is 0 Å².